The second-order valence-corrected chi connectivity index (χ2v) is 9.04. The van der Waals surface area contributed by atoms with Crippen LogP contribution in [0.4, 0.5) is 16.2 Å². The van der Waals surface area contributed by atoms with Gasteiger partial charge in [-0.05, 0) is 72.5 Å². The largest absolute Gasteiger partial charge is 0.618 e. The lowest BCUT2D eigenvalue weighted by Crippen LogP contribution is -2.39. The van der Waals surface area contributed by atoms with Gasteiger partial charge in [-0.3, -0.25) is 4.79 Å². The fraction of sp³-hybridized carbons (Fsp3) is 0.0741. The molecule has 0 bridgehead atoms. The maximum atomic E-state index is 13.4. The highest BCUT2D eigenvalue weighted by Crippen LogP contribution is 2.27. The van der Waals surface area contributed by atoms with Gasteiger partial charge in [0.05, 0.1) is 0 Å². The van der Waals surface area contributed by atoms with Crippen molar-refractivity contribution in [2.75, 3.05) is 16.9 Å². The molecule has 4 rings (SSSR count). The molecule has 3 amide bonds. The number of hydrogen-bond acceptors (Lipinski definition) is 4. The molecular formula is C27H23ClN4O3S. The Morgan fingerprint density at radius 1 is 0.861 bits per heavy atom. The predicted molar refractivity (Wildman–Crippen MR) is 144 cm³/mol. The quantitative estimate of drug-likeness (QED) is 0.162. The molecule has 3 aromatic carbocycles. The molecule has 3 N–H and O–H groups in total. The Morgan fingerprint density at radius 3 is 2.19 bits per heavy atom. The number of carbonyl (C=O) groups excluding carboxylic acids is 2. The molecule has 0 spiro atoms. The van der Waals surface area contributed by atoms with Crippen LogP contribution >= 0.6 is 23.4 Å². The average molecular weight is 519 g/mol. The highest BCUT2D eigenvalue weighted by Gasteiger charge is 2.25. The number of benzene rings is 3. The summed E-state index contributed by atoms with van der Waals surface area (Å²) in [5.74, 6) is -0.408. The van der Waals surface area contributed by atoms with E-state index in [1.165, 1.54) is 18.0 Å². The van der Waals surface area contributed by atoms with E-state index in [1.807, 2.05) is 30.5 Å². The number of halogens is 1. The first-order valence-corrected chi connectivity index (χ1v) is 12.6. The fourth-order valence-corrected chi connectivity index (χ4v) is 4.37. The molecule has 0 aliphatic carbocycles. The van der Waals surface area contributed by atoms with E-state index in [2.05, 4.69) is 16.0 Å². The number of pyridine rings is 1. The highest BCUT2D eigenvalue weighted by atomic mass is 35.5. The number of anilines is 2. The van der Waals surface area contributed by atoms with Crippen molar-refractivity contribution in [3.8, 4) is 11.3 Å². The molecule has 4 aromatic rings. The minimum atomic E-state index is -0.960. The maximum Gasteiger partial charge on any atom is 0.320 e. The lowest BCUT2D eigenvalue weighted by Gasteiger charge is -2.21. The number of rotatable bonds is 7. The van der Waals surface area contributed by atoms with Crippen LogP contribution in [0.25, 0.3) is 11.3 Å². The summed E-state index contributed by atoms with van der Waals surface area (Å²) in [6.45, 7) is 0. The summed E-state index contributed by atoms with van der Waals surface area (Å²) in [5.41, 5.74) is 2.96. The SMILES string of the molecule is CSc1ccccc1C(NC(=O)Nc1ccc(Cl)cc1)C(=O)Nc1ccc(-c2cccc[n+]2[O-])cc1. The second-order valence-electron chi connectivity index (χ2n) is 7.76. The molecule has 182 valence electrons. The van der Waals surface area contributed by atoms with Crippen LogP contribution < -0.4 is 20.7 Å². The third-order valence-electron chi connectivity index (χ3n) is 5.36. The van der Waals surface area contributed by atoms with Gasteiger partial charge in [-0.1, -0.05) is 29.8 Å². The van der Waals surface area contributed by atoms with Crippen LogP contribution in [0.2, 0.25) is 5.02 Å². The Balaban J connectivity index is 1.54. The number of urea groups is 1. The van der Waals surface area contributed by atoms with Crippen molar-refractivity contribution in [3.63, 3.8) is 0 Å². The van der Waals surface area contributed by atoms with Gasteiger partial charge >= 0.3 is 6.03 Å². The molecule has 1 unspecified atom stereocenters. The van der Waals surface area contributed by atoms with Crippen LogP contribution in [-0.4, -0.2) is 18.2 Å². The molecule has 0 aliphatic rings. The van der Waals surface area contributed by atoms with Crippen molar-refractivity contribution in [2.45, 2.75) is 10.9 Å². The molecule has 9 heteroatoms. The Morgan fingerprint density at radius 2 is 1.50 bits per heavy atom. The van der Waals surface area contributed by atoms with Crippen LogP contribution in [-0.2, 0) is 4.79 Å². The second kappa shape index (κ2) is 11.6. The van der Waals surface area contributed by atoms with Crippen molar-refractivity contribution in [1.82, 2.24) is 5.32 Å². The van der Waals surface area contributed by atoms with Gasteiger partial charge in [-0.25, -0.2) is 4.79 Å². The van der Waals surface area contributed by atoms with E-state index >= 15 is 0 Å². The first kappa shape index (κ1) is 25.1. The molecule has 0 saturated heterocycles. The smallest absolute Gasteiger partial charge is 0.320 e. The van der Waals surface area contributed by atoms with Gasteiger partial charge in [0.2, 0.25) is 5.69 Å². The van der Waals surface area contributed by atoms with Crippen LogP contribution in [0.3, 0.4) is 0 Å². The molecule has 7 nitrogen and oxygen atoms in total. The van der Waals surface area contributed by atoms with Gasteiger partial charge in [0.15, 0.2) is 6.20 Å². The van der Waals surface area contributed by atoms with E-state index in [9.17, 15) is 14.8 Å². The van der Waals surface area contributed by atoms with E-state index in [0.717, 1.165) is 9.63 Å². The van der Waals surface area contributed by atoms with E-state index in [0.29, 0.717) is 33.2 Å². The lowest BCUT2D eigenvalue weighted by molar-refractivity contribution is -0.593. The van der Waals surface area contributed by atoms with Gasteiger partial charge in [0.25, 0.3) is 5.91 Å². The molecule has 0 saturated carbocycles. The van der Waals surface area contributed by atoms with Crippen LogP contribution in [0.1, 0.15) is 11.6 Å². The number of aromatic nitrogens is 1. The maximum absolute atomic E-state index is 13.4. The predicted octanol–water partition coefficient (Wildman–Crippen LogP) is 5.86. The molecular weight excluding hydrogens is 496 g/mol. The van der Waals surface area contributed by atoms with Gasteiger partial charge < -0.3 is 21.2 Å². The van der Waals surface area contributed by atoms with Crippen molar-refractivity contribution in [2.24, 2.45) is 0 Å². The normalized spacial score (nSPS) is 11.4. The number of nitrogens with zero attached hydrogens (tertiary/aromatic N) is 1. The summed E-state index contributed by atoms with van der Waals surface area (Å²) < 4.78 is 0.784. The van der Waals surface area contributed by atoms with Crippen molar-refractivity contribution >= 4 is 46.7 Å². The van der Waals surface area contributed by atoms with E-state index in [4.69, 9.17) is 11.6 Å². The van der Waals surface area contributed by atoms with E-state index < -0.39 is 18.0 Å². The minimum Gasteiger partial charge on any atom is -0.618 e. The van der Waals surface area contributed by atoms with Gasteiger partial charge in [-0.15, -0.1) is 11.8 Å². The van der Waals surface area contributed by atoms with Crippen molar-refractivity contribution < 1.29 is 14.3 Å². The van der Waals surface area contributed by atoms with Crippen molar-refractivity contribution in [3.05, 3.63) is 113 Å². The summed E-state index contributed by atoms with van der Waals surface area (Å²) in [7, 11) is 0. The van der Waals surface area contributed by atoms with Gasteiger partial charge in [0, 0.05) is 39.0 Å². The third kappa shape index (κ3) is 6.16. The fourth-order valence-electron chi connectivity index (χ4n) is 3.61. The Labute approximate surface area is 218 Å². The Kier molecular flexibility index (Phi) is 8.10. The summed E-state index contributed by atoms with van der Waals surface area (Å²) in [5, 5.41) is 21.0. The van der Waals surface area contributed by atoms with Gasteiger partial charge in [0.1, 0.15) is 6.04 Å². The highest BCUT2D eigenvalue weighted by molar-refractivity contribution is 7.98. The average Bonchev–Trinajstić information content (AvgIpc) is 2.89. The summed E-state index contributed by atoms with van der Waals surface area (Å²) in [4.78, 5) is 27.1. The number of hydrogen-bond donors (Lipinski definition) is 3. The molecule has 1 heterocycles. The zero-order valence-corrected chi connectivity index (χ0v) is 20.8. The number of amides is 3. The van der Waals surface area contributed by atoms with Gasteiger partial charge in [-0.2, -0.15) is 4.73 Å². The Hall–Kier alpha value is -4.01. The molecule has 1 atom stereocenters. The molecule has 0 radical (unpaired) electrons. The third-order valence-corrected chi connectivity index (χ3v) is 6.43. The van der Waals surface area contributed by atoms with Crippen LogP contribution in [0.5, 0.6) is 0 Å². The first-order chi connectivity index (χ1) is 17.4. The number of thioether (sulfide) groups is 1. The zero-order valence-electron chi connectivity index (χ0n) is 19.3. The zero-order chi connectivity index (χ0) is 25.5. The molecule has 1 aromatic heterocycles. The van der Waals surface area contributed by atoms with Crippen molar-refractivity contribution in [1.29, 1.82) is 0 Å². The Bertz CT molecular complexity index is 1360. The number of nitrogens with one attached hydrogen (secondary N) is 3. The molecule has 0 aliphatic heterocycles. The monoisotopic (exact) mass is 518 g/mol. The van der Waals surface area contributed by atoms with E-state index in [-0.39, 0.29) is 0 Å². The number of carbonyl (C=O) groups is 2. The van der Waals surface area contributed by atoms with E-state index in [1.54, 1.807) is 66.7 Å². The lowest BCUT2D eigenvalue weighted by atomic mass is 10.1. The minimum absolute atomic E-state index is 0.408. The standard InChI is InChI=1S/C27H23ClN4O3S/c1-36-24-8-3-2-6-22(24)25(31-27(34)30-21-15-11-19(28)12-16-21)26(33)29-20-13-9-18(10-14-20)23-7-4-5-17-32(23)35/h2-17,25H,1H3,(H,29,33)(H2,30,31,34). The summed E-state index contributed by atoms with van der Waals surface area (Å²) in [6, 6.07) is 24.7. The van der Waals surface area contributed by atoms with Crippen LogP contribution in [0.15, 0.2) is 102 Å². The first-order valence-electron chi connectivity index (χ1n) is 11.0. The summed E-state index contributed by atoms with van der Waals surface area (Å²) in [6.07, 6.45) is 3.34. The topological polar surface area (TPSA) is 97.2 Å². The molecule has 36 heavy (non-hydrogen) atoms. The van der Waals surface area contributed by atoms with Crippen LogP contribution in [0, 0.1) is 5.21 Å². The molecule has 0 fully saturated rings. The summed E-state index contributed by atoms with van der Waals surface area (Å²) >= 11 is 7.40.